The van der Waals surface area contributed by atoms with Crippen molar-refractivity contribution in [3.8, 4) is 0 Å². The van der Waals surface area contributed by atoms with Gasteiger partial charge in [0, 0.05) is 29.1 Å². The Balaban J connectivity index is 1.13. The molecule has 0 aromatic heterocycles. The Kier molecular flexibility index (Phi) is 7.75. The van der Waals surface area contributed by atoms with E-state index < -0.39 is 72.9 Å². The van der Waals surface area contributed by atoms with Crippen molar-refractivity contribution < 1.29 is 54.7 Å². The average molecular weight is 623 g/mol. The van der Waals surface area contributed by atoms with Crippen LogP contribution in [-0.4, -0.2) is 116 Å². The van der Waals surface area contributed by atoms with Gasteiger partial charge in [0.15, 0.2) is 12.1 Å². The van der Waals surface area contributed by atoms with Crippen LogP contribution in [0.15, 0.2) is 23.8 Å². The largest absolute Gasteiger partial charge is 0.394 e. The number of allylic oxidation sites excluding steroid dienone is 1. The van der Waals surface area contributed by atoms with Crippen LogP contribution in [0.5, 0.6) is 0 Å². The Bertz CT molecular complexity index is 1160. The molecule has 6 fully saturated rings. The summed E-state index contributed by atoms with van der Waals surface area (Å²) in [6, 6.07) is 0. The van der Waals surface area contributed by atoms with Crippen LogP contribution in [0.1, 0.15) is 59.3 Å². The molecule has 0 amide bonds. The molecule has 3 heterocycles. The van der Waals surface area contributed by atoms with Gasteiger partial charge in [-0.2, -0.15) is 0 Å². The van der Waals surface area contributed by atoms with Gasteiger partial charge in [0.1, 0.15) is 30.5 Å². The van der Waals surface area contributed by atoms with Crippen LogP contribution < -0.4 is 0 Å². The van der Waals surface area contributed by atoms with E-state index in [2.05, 4.69) is 26.5 Å². The summed E-state index contributed by atoms with van der Waals surface area (Å²) < 4.78 is 24.6. The molecule has 3 aliphatic heterocycles. The van der Waals surface area contributed by atoms with Gasteiger partial charge in [0.05, 0.1) is 37.6 Å². The minimum Gasteiger partial charge on any atom is -0.394 e. The maximum atomic E-state index is 12.0. The number of hydrogen-bond donors (Lipinski definition) is 7. The first-order valence-corrected chi connectivity index (χ1v) is 16.5. The molecule has 0 radical (unpaired) electrons. The summed E-state index contributed by atoms with van der Waals surface area (Å²) in [5.41, 5.74) is 0.832. The highest BCUT2D eigenvalue weighted by molar-refractivity contribution is 5.30. The van der Waals surface area contributed by atoms with E-state index >= 15 is 0 Å². The normalized spacial score (nSPS) is 58.6. The summed E-state index contributed by atoms with van der Waals surface area (Å²) in [5.74, 6) is -0.0868. The first-order valence-electron chi connectivity index (χ1n) is 16.5. The third-order valence-corrected chi connectivity index (χ3v) is 13.6. The zero-order chi connectivity index (χ0) is 31.5. The smallest absolute Gasteiger partial charge is 0.187 e. The number of rotatable bonds is 3. The Morgan fingerprint density at radius 3 is 2.43 bits per heavy atom. The van der Waals surface area contributed by atoms with Gasteiger partial charge in [-0.25, -0.2) is 0 Å². The fourth-order valence-corrected chi connectivity index (χ4v) is 11.0. The first kappa shape index (κ1) is 31.6. The molecule has 0 aromatic rings. The predicted octanol–water partition coefficient (Wildman–Crippen LogP) is 0.371. The number of hydrogen-bond acceptors (Lipinski definition) is 11. The molecular weight excluding hydrogens is 572 g/mol. The second kappa shape index (κ2) is 10.8. The molecule has 44 heavy (non-hydrogen) atoms. The Morgan fingerprint density at radius 2 is 1.75 bits per heavy atom. The molecule has 7 N–H and O–H groups in total. The third kappa shape index (κ3) is 4.21. The van der Waals surface area contributed by atoms with Crippen LogP contribution in [0, 0.1) is 40.4 Å². The number of ether oxygens (including phenoxy) is 4. The molecule has 18 atom stereocenters. The fourth-order valence-electron chi connectivity index (χ4n) is 11.0. The van der Waals surface area contributed by atoms with E-state index in [1.54, 1.807) is 0 Å². The molecular formula is C33H50O11. The SMILES string of the molecule is C=C1CCC2(OC1)OC1CC3C4CC=C5CC(OC6OC(CO)C(O)C(O)C6O)C(O)C(O)C5(C)C4CC(O)C3(C)C1C2C. The highest BCUT2D eigenvalue weighted by Gasteiger charge is 2.72. The first-order chi connectivity index (χ1) is 20.8. The lowest BCUT2D eigenvalue weighted by Crippen LogP contribution is -2.65. The minimum atomic E-state index is -1.61. The standard InChI is InChI=1S/C33H50O11/c1-14-7-8-33(41-13-14)15(2)24-20(44-33)10-18-17-6-5-16-9-21(42-30-28(39)27(38)25(36)22(12-34)43-30)26(37)29(40)31(16,3)19(17)11-23(35)32(18,24)4/h5,15,17-30,34-40H,1,6-13H2,2-4H3. The van der Waals surface area contributed by atoms with Crippen molar-refractivity contribution in [2.24, 2.45) is 40.4 Å². The van der Waals surface area contributed by atoms with Crippen LogP contribution in [-0.2, 0) is 18.9 Å². The monoisotopic (exact) mass is 622 g/mol. The summed E-state index contributed by atoms with van der Waals surface area (Å²) in [6.45, 7) is 10.4. The van der Waals surface area contributed by atoms with Gasteiger partial charge in [0.25, 0.3) is 0 Å². The Hall–Kier alpha value is -0.960. The molecule has 3 saturated heterocycles. The lowest BCUT2D eigenvalue weighted by atomic mass is 9.45. The zero-order valence-electron chi connectivity index (χ0n) is 25.9. The van der Waals surface area contributed by atoms with Crippen molar-refractivity contribution in [3.05, 3.63) is 23.8 Å². The molecule has 7 aliphatic rings. The predicted molar refractivity (Wildman–Crippen MR) is 154 cm³/mol. The molecule has 11 heteroatoms. The lowest BCUT2D eigenvalue weighted by Gasteiger charge is -2.61. The second-order valence-corrected chi connectivity index (χ2v) is 15.3. The molecule has 4 aliphatic carbocycles. The van der Waals surface area contributed by atoms with Crippen LogP contribution >= 0.6 is 0 Å². The van der Waals surface area contributed by atoms with Crippen molar-refractivity contribution in [3.63, 3.8) is 0 Å². The number of aliphatic hydroxyl groups is 7. The van der Waals surface area contributed by atoms with Crippen molar-refractivity contribution in [2.75, 3.05) is 13.2 Å². The van der Waals surface area contributed by atoms with E-state index in [-0.39, 0.29) is 47.5 Å². The maximum absolute atomic E-state index is 12.0. The summed E-state index contributed by atoms with van der Waals surface area (Å²) in [4.78, 5) is 0. The fraction of sp³-hybridized carbons (Fsp3) is 0.879. The molecule has 0 bridgehead atoms. The molecule has 3 saturated carbocycles. The van der Waals surface area contributed by atoms with Crippen molar-refractivity contribution in [2.45, 2.75) is 126 Å². The van der Waals surface area contributed by atoms with Crippen LogP contribution in [0.4, 0.5) is 0 Å². The Labute approximate surface area is 258 Å². The van der Waals surface area contributed by atoms with Crippen molar-refractivity contribution in [1.29, 1.82) is 0 Å². The van der Waals surface area contributed by atoms with E-state index in [1.165, 1.54) is 0 Å². The van der Waals surface area contributed by atoms with Gasteiger partial charge in [0.2, 0.25) is 0 Å². The highest BCUT2D eigenvalue weighted by Crippen LogP contribution is 2.70. The number of aliphatic hydroxyl groups excluding tert-OH is 7. The van der Waals surface area contributed by atoms with E-state index in [0.717, 1.165) is 36.8 Å². The lowest BCUT2D eigenvalue weighted by molar-refractivity contribution is -0.323. The molecule has 0 aromatic carbocycles. The zero-order valence-corrected chi connectivity index (χ0v) is 25.9. The van der Waals surface area contributed by atoms with Crippen molar-refractivity contribution in [1.82, 2.24) is 0 Å². The summed E-state index contributed by atoms with van der Waals surface area (Å²) in [6.07, 6.45) is -5.26. The number of fused-ring (bicyclic) bond motifs is 7. The molecule has 11 nitrogen and oxygen atoms in total. The molecule has 18 unspecified atom stereocenters. The summed E-state index contributed by atoms with van der Waals surface area (Å²) in [5, 5.41) is 75.6. The van der Waals surface area contributed by atoms with Gasteiger partial charge < -0.3 is 54.7 Å². The second-order valence-electron chi connectivity index (χ2n) is 15.3. The minimum absolute atomic E-state index is 0.0175. The highest BCUT2D eigenvalue weighted by atomic mass is 16.7. The van der Waals surface area contributed by atoms with Gasteiger partial charge in [-0.3, -0.25) is 0 Å². The van der Waals surface area contributed by atoms with Gasteiger partial charge in [-0.05, 0) is 49.9 Å². The maximum Gasteiger partial charge on any atom is 0.187 e. The van der Waals surface area contributed by atoms with Crippen LogP contribution in [0.2, 0.25) is 0 Å². The van der Waals surface area contributed by atoms with Gasteiger partial charge in [-0.15, -0.1) is 0 Å². The molecule has 1 spiro atoms. The van der Waals surface area contributed by atoms with Gasteiger partial charge in [-0.1, -0.05) is 44.6 Å². The topological polar surface area (TPSA) is 179 Å². The third-order valence-electron chi connectivity index (χ3n) is 13.6. The molecule has 248 valence electrons. The van der Waals surface area contributed by atoms with E-state index in [0.29, 0.717) is 13.0 Å². The van der Waals surface area contributed by atoms with E-state index in [1.807, 2.05) is 6.92 Å². The van der Waals surface area contributed by atoms with Gasteiger partial charge >= 0.3 is 0 Å². The Morgan fingerprint density at radius 1 is 1.00 bits per heavy atom. The van der Waals surface area contributed by atoms with Crippen molar-refractivity contribution >= 4 is 0 Å². The van der Waals surface area contributed by atoms with E-state index in [4.69, 9.17) is 18.9 Å². The summed E-state index contributed by atoms with van der Waals surface area (Å²) >= 11 is 0. The average Bonchev–Trinajstić information content (AvgIpc) is 3.45. The van der Waals surface area contributed by atoms with Crippen LogP contribution in [0.25, 0.3) is 0 Å². The van der Waals surface area contributed by atoms with E-state index in [9.17, 15) is 35.7 Å². The summed E-state index contributed by atoms with van der Waals surface area (Å²) in [7, 11) is 0. The molecule has 7 rings (SSSR count). The quantitative estimate of drug-likeness (QED) is 0.216. The van der Waals surface area contributed by atoms with Crippen LogP contribution in [0.3, 0.4) is 0 Å².